The molecule has 0 fully saturated rings. The van der Waals surface area contributed by atoms with Crippen LogP contribution in [0.3, 0.4) is 0 Å². The number of aromatic nitrogens is 3. The molecule has 0 unspecified atom stereocenters. The van der Waals surface area contributed by atoms with Crippen LogP contribution in [0.4, 0.5) is 0 Å². The molecule has 0 saturated heterocycles. The smallest absolute Gasteiger partial charge is 0.130 e. The Morgan fingerprint density at radius 1 is 0.359 bits per heavy atom. The summed E-state index contributed by atoms with van der Waals surface area (Å²) >= 11 is 1.95. The van der Waals surface area contributed by atoms with Gasteiger partial charge in [-0.15, -0.1) is 11.3 Å². The van der Waals surface area contributed by atoms with Crippen molar-refractivity contribution in [3.8, 4) is 0 Å². The molecule has 0 saturated carbocycles. The first-order valence-corrected chi connectivity index (χ1v) is 25.2. The summed E-state index contributed by atoms with van der Waals surface area (Å²) in [5, 5.41) is 2.84. The fourth-order valence-electron chi connectivity index (χ4n) is 6.75. The highest BCUT2D eigenvalue weighted by molar-refractivity contribution is 7.12. The lowest BCUT2D eigenvalue weighted by atomic mass is 9.86. The number of pyridine rings is 1. The predicted molar refractivity (Wildman–Crippen MR) is 286 cm³/mol. The SMILES string of the molecule is CC(C)c1ccc(C(C)(C)C)cc1.CC(C)c1ccc(C(C)C)c2ccccc12.CC(C)c1ccc(C(C)C)nc1.CC(C)c1ccc(C(C)C)s1.CC(C)c1cnc(C(C)C)nc1. The van der Waals surface area contributed by atoms with Crippen molar-refractivity contribution in [1.29, 1.82) is 0 Å². The first kappa shape index (κ1) is 56.0. The molecule has 3 nitrogen and oxygen atoms in total. The Balaban J connectivity index is 0.000000277. The van der Waals surface area contributed by atoms with Crippen molar-refractivity contribution in [3.05, 3.63) is 158 Å². The van der Waals surface area contributed by atoms with Crippen LogP contribution in [-0.2, 0) is 5.41 Å². The highest BCUT2D eigenvalue weighted by Gasteiger charge is 2.14. The Morgan fingerprint density at radius 2 is 0.766 bits per heavy atom. The molecule has 3 aromatic heterocycles. The fraction of sp³-hybridized carbons (Fsp3) is 0.517. The van der Waals surface area contributed by atoms with Gasteiger partial charge in [0.15, 0.2) is 0 Å². The lowest BCUT2D eigenvalue weighted by molar-refractivity contribution is 0.589. The van der Waals surface area contributed by atoms with Crippen LogP contribution >= 0.6 is 11.3 Å². The zero-order chi connectivity index (χ0) is 48.5. The minimum Gasteiger partial charge on any atom is -0.261 e. The van der Waals surface area contributed by atoms with E-state index in [4.69, 9.17) is 0 Å². The van der Waals surface area contributed by atoms with E-state index >= 15 is 0 Å². The minimum absolute atomic E-state index is 0.273. The van der Waals surface area contributed by atoms with Gasteiger partial charge in [0, 0.05) is 40.0 Å². The van der Waals surface area contributed by atoms with Crippen LogP contribution in [0.2, 0.25) is 0 Å². The number of fused-ring (bicyclic) bond motifs is 1. The third-order valence-corrected chi connectivity index (χ3v) is 13.1. The highest BCUT2D eigenvalue weighted by Crippen LogP contribution is 2.32. The van der Waals surface area contributed by atoms with Crippen LogP contribution in [0.25, 0.3) is 10.8 Å². The van der Waals surface area contributed by atoms with Crippen molar-refractivity contribution < 1.29 is 0 Å². The predicted octanol–water partition coefficient (Wildman–Crippen LogP) is 19.2. The molecule has 0 spiro atoms. The Bertz CT molecular complexity index is 2000. The van der Waals surface area contributed by atoms with Gasteiger partial charge in [-0.3, -0.25) is 4.98 Å². The van der Waals surface area contributed by atoms with Gasteiger partial charge in [-0.05, 0) is 115 Å². The minimum atomic E-state index is 0.273. The summed E-state index contributed by atoms with van der Waals surface area (Å²) in [4.78, 5) is 16.0. The second-order valence-corrected chi connectivity index (χ2v) is 22.3. The van der Waals surface area contributed by atoms with Crippen molar-refractivity contribution >= 4 is 22.1 Å². The van der Waals surface area contributed by atoms with E-state index in [-0.39, 0.29) is 5.41 Å². The Hall–Kier alpha value is -4.15. The summed E-state index contributed by atoms with van der Waals surface area (Å²) in [6.07, 6.45) is 5.83. The number of rotatable bonds is 9. The van der Waals surface area contributed by atoms with Gasteiger partial charge in [0.2, 0.25) is 0 Å². The van der Waals surface area contributed by atoms with Gasteiger partial charge in [0.1, 0.15) is 5.82 Å². The van der Waals surface area contributed by atoms with E-state index in [2.05, 4.69) is 245 Å². The molecule has 64 heavy (non-hydrogen) atoms. The third kappa shape index (κ3) is 18.4. The van der Waals surface area contributed by atoms with Crippen LogP contribution in [0.5, 0.6) is 0 Å². The second-order valence-electron chi connectivity index (χ2n) is 21.2. The summed E-state index contributed by atoms with van der Waals surface area (Å²) in [6, 6.07) is 31.1. The van der Waals surface area contributed by atoms with Crippen molar-refractivity contribution in [3.63, 3.8) is 0 Å². The zero-order valence-corrected chi connectivity index (χ0v) is 45.1. The van der Waals surface area contributed by atoms with E-state index in [1.807, 2.05) is 29.9 Å². The summed E-state index contributed by atoms with van der Waals surface area (Å²) in [6.45, 7) is 46.4. The Morgan fingerprint density at radius 3 is 1.06 bits per heavy atom. The maximum absolute atomic E-state index is 4.40. The molecule has 3 aromatic carbocycles. The molecular formula is C60H89N3S. The molecule has 0 aliphatic carbocycles. The molecule has 4 heteroatoms. The molecule has 0 radical (unpaired) electrons. The molecule has 6 aromatic rings. The van der Waals surface area contributed by atoms with E-state index in [0.29, 0.717) is 53.3 Å². The molecule has 0 atom stereocenters. The fourth-order valence-corrected chi connectivity index (χ4v) is 7.77. The lowest BCUT2D eigenvalue weighted by Gasteiger charge is -2.19. The van der Waals surface area contributed by atoms with Crippen LogP contribution in [0.15, 0.2) is 104 Å². The van der Waals surface area contributed by atoms with Gasteiger partial charge < -0.3 is 0 Å². The molecule has 0 N–H and O–H groups in total. The van der Waals surface area contributed by atoms with Crippen molar-refractivity contribution in [1.82, 2.24) is 15.0 Å². The summed E-state index contributed by atoms with van der Waals surface area (Å²) in [5.41, 5.74) is 9.73. The quantitative estimate of drug-likeness (QED) is 0.145. The average Bonchev–Trinajstić information content (AvgIpc) is 3.76. The summed E-state index contributed by atoms with van der Waals surface area (Å²) in [7, 11) is 0. The molecular weight excluding hydrogens is 795 g/mol. The topological polar surface area (TPSA) is 38.7 Å². The second kappa shape index (κ2) is 26.7. The molecule has 0 aliphatic heterocycles. The van der Waals surface area contributed by atoms with Gasteiger partial charge >= 0.3 is 0 Å². The van der Waals surface area contributed by atoms with Gasteiger partial charge in [0.25, 0.3) is 0 Å². The first-order chi connectivity index (χ1) is 29.8. The summed E-state index contributed by atoms with van der Waals surface area (Å²) in [5.74, 6) is 6.17. The van der Waals surface area contributed by atoms with E-state index in [0.717, 1.165) is 5.82 Å². The molecule has 0 bridgehead atoms. The Labute approximate surface area is 397 Å². The molecule has 0 amide bonds. The number of nitrogens with zero attached hydrogens (tertiary/aromatic N) is 3. The maximum Gasteiger partial charge on any atom is 0.130 e. The number of thiophene rings is 1. The van der Waals surface area contributed by atoms with Crippen molar-refractivity contribution in [2.24, 2.45) is 0 Å². The first-order valence-electron chi connectivity index (χ1n) is 24.3. The normalized spacial score (nSPS) is 11.5. The molecule has 0 aliphatic rings. The van der Waals surface area contributed by atoms with Gasteiger partial charge in [-0.25, -0.2) is 9.97 Å². The van der Waals surface area contributed by atoms with Gasteiger partial charge in [-0.1, -0.05) is 212 Å². The molecule has 6 rings (SSSR count). The molecule has 3 heterocycles. The van der Waals surface area contributed by atoms with Crippen molar-refractivity contribution in [2.45, 2.75) is 204 Å². The van der Waals surface area contributed by atoms with E-state index in [1.165, 1.54) is 59.6 Å². The maximum atomic E-state index is 4.40. The van der Waals surface area contributed by atoms with Crippen molar-refractivity contribution in [2.75, 3.05) is 0 Å². The van der Waals surface area contributed by atoms with Gasteiger partial charge in [-0.2, -0.15) is 0 Å². The Kier molecular flexibility index (Phi) is 23.4. The van der Waals surface area contributed by atoms with Gasteiger partial charge in [0.05, 0.1) is 0 Å². The van der Waals surface area contributed by atoms with E-state index < -0.39 is 0 Å². The van der Waals surface area contributed by atoms with E-state index in [1.54, 1.807) is 0 Å². The average molecular weight is 884 g/mol. The zero-order valence-electron chi connectivity index (χ0n) is 44.3. The number of hydrogen-bond donors (Lipinski definition) is 0. The molecule has 350 valence electrons. The highest BCUT2D eigenvalue weighted by atomic mass is 32.1. The van der Waals surface area contributed by atoms with E-state index in [9.17, 15) is 0 Å². The number of hydrogen-bond acceptors (Lipinski definition) is 4. The monoisotopic (exact) mass is 884 g/mol. The third-order valence-electron chi connectivity index (χ3n) is 11.4. The summed E-state index contributed by atoms with van der Waals surface area (Å²) < 4.78 is 0. The largest absolute Gasteiger partial charge is 0.261 e. The standard InChI is InChI=1S/C16H20.C13H20.C11H17N.C10H16N2.C10H16S/c1-11(2)13-9-10-14(12(3)4)16-8-6-5-7-15(13)16;1-10(2)11-6-8-12(9-7-11)13(3,4)5;1-8(2)10-5-6-11(9(3)4)12-7-10;1-7(2)9-5-11-10(8(3)4)12-6-9;1-7(2)9-5-6-10(11-9)8(3)4/h5-12H,1-4H3;6-10H,1-5H3;5-9H,1-4H3;5-8H,1-4H3;5-8H,1-4H3. The van der Waals surface area contributed by atoms with Crippen LogP contribution in [0, 0.1) is 0 Å². The number of benzene rings is 3. The van der Waals surface area contributed by atoms with Crippen LogP contribution < -0.4 is 0 Å². The lowest BCUT2D eigenvalue weighted by Crippen LogP contribution is -2.10. The van der Waals surface area contributed by atoms with Crippen LogP contribution in [-0.4, -0.2) is 15.0 Å². The van der Waals surface area contributed by atoms with Crippen LogP contribution in [0.1, 0.15) is 253 Å².